The molecule has 0 amide bonds. The molecule has 1 aromatic carbocycles. The van der Waals surface area contributed by atoms with Gasteiger partial charge < -0.3 is 20.5 Å². The molecule has 24 heavy (non-hydrogen) atoms. The number of aliphatic hydroxyl groups excluding tert-OH is 1. The van der Waals surface area contributed by atoms with E-state index < -0.39 is 0 Å². The van der Waals surface area contributed by atoms with E-state index in [2.05, 4.69) is 34.7 Å². The fourth-order valence-corrected chi connectivity index (χ4v) is 2.94. The Hall–Kier alpha value is -1.02. The van der Waals surface area contributed by atoms with Gasteiger partial charge in [-0.2, -0.15) is 0 Å². The summed E-state index contributed by atoms with van der Waals surface area (Å²) in [5.41, 5.74) is 2.29. The van der Waals surface area contributed by atoms with Crippen LogP contribution in [0.1, 0.15) is 43.7 Å². The lowest BCUT2D eigenvalue weighted by Gasteiger charge is -2.27. The van der Waals surface area contributed by atoms with Crippen LogP contribution in [0.25, 0.3) is 0 Å². The first-order chi connectivity index (χ1) is 11.1. The largest absolute Gasteiger partial charge is 0.496 e. The summed E-state index contributed by atoms with van der Waals surface area (Å²) in [6, 6.07) is 6.55. The first-order valence-electron chi connectivity index (χ1n) is 8.48. The SMILES string of the molecule is CCNC(=NCc1ccc(OC)c(C)c1)NC1CCC(O)CC1.I. The van der Waals surface area contributed by atoms with Crippen molar-refractivity contribution in [3.63, 3.8) is 0 Å². The van der Waals surface area contributed by atoms with Crippen molar-refractivity contribution in [1.82, 2.24) is 10.6 Å². The monoisotopic (exact) mass is 447 g/mol. The van der Waals surface area contributed by atoms with Crippen molar-refractivity contribution in [2.45, 2.75) is 58.2 Å². The summed E-state index contributed by atoms with van der Waals surface area (Å²) in [6.07, 6.45) is 3.60. The molecule has 6 heteroatoms. The minimum Gasteiger partial charge on any atom is -0.496 e. The van der Waals surface area contributed by atoms with Crippen LogP contribution in [0.3, 0.4) is 0 Å². The molecule has 1 aromatic rings. The van der Waals surface area contributed by atoms with Gasteiger partial charge in [-0.25, -0.2) is 4.99 Å². The normalized spacial score (nSPS) is 20.9. The molecule has 136 valence electrons. The molecule has 0 atom stereocenters. The van der Waals surface area contributed by atoms with Crippen LogP contribution in [-0.2, 0) is 6.54 Å². The van der Waals surface area contributed by atoms with Gasteiger partial charge in [0.2, 0.25) is 0 Å². The Bertz CT molecular complexity index is 529. The molecule has 2 rings (SSSR count). The molecule has 0 aromatic heterocycles. The van der Waals surface area contributed by atoms with E-state index in [-0.39, 0.29) is 30.1 Å². The number of aliphatic imine (C=N–C) groups is 1. The molecule has 0 bridgehead atoms. The summed E-state index contributed by atoms with van der Waals surface area (Å²) in [7, 11) is 1.69. The van der Waals surface area contributed by atoms with Gasteiger partial charge >= 0.3 is 0 Å². The number of aliphatic hydroxyl groups is 1. The molecule has 1 fully saturated rings. The number of guanidine groups is 1. The highest BCUT2D eigenvalue weighted by Crippen LogP contribution is 2.19. The predicted molar refractivity (Wildman–Crippen MR) is 109 cm³/mol. The number of halogens is 1. The maximum Gasteiger partial charge on any atom is 0.191 e. The van der Waals surface area contributed by atoms with Gasteiger partial charge in [0.25, 0.3) is 0 Å². The van der Waals surface area contributed by atoms with Crippen molar-refractivity contribution < 1.29 is 9.84 Å². The Morgan fingerprint density at radius 1 is 1.29 bits per heavy atom. The zero-order chi connectivity index (χ0) is 16.7. The summed E-state index contributed by atoms with van der Waals surface area (Å²) in [5, 5.41) is 16.4. The Balaban J connectivity index is 0.00000288. The highest BCUT2D eigenvalue weighted by molar-refractivity contribution is 14.0. The van der Waals surface area contributed by atoms with Gasteiger partial charge in [-0.1, -0.05) is 12.1 Å². The molecule has 5 nitrogen and oxygen atoms in total. The molecule has 0 spiro atoms. The fraction of sp³-hybridized carbons (Fsp3) is 0.611. The third-order valence-corrected chi connectivity index (χ3v) is 4.26. The molecule has 0 heterocycles. The van der Waals surface area contributed by atoms with Crippen LogP contribution in [0.4, 0.5) is 0 Å². The third kappa shape index (κ3) is 6.47. The lowest BCUT2D eigenvalue weighted by Crippen LogP contribution is -2.45. The Morgan fingerprint density at radius 3 is 2.58 bits per heavy atom. The second-order valence-corrected chi connectivity index (χ2v) is 6.15. The van der Waals surface area contributed by atoms with Crippen molar-refractivity contribution in [2.24, 2.45) is 4.99 Å². The summed E-state index contributed by atoms with van der Waals surface area (Å²) in [6.45, 7) is 5.58. The van der Waals surface area contributed by atoms with E-state index in [1.165, 1.54) is 5.56 Å². The van der Waals surface area contributed by atoms with E-state index in [0.29, 0.717) is 12.6 Å². The maximum atomic E-state index is 9.60. The number of methoxy groups -OCH3 is 1. The van der Waals surface area contributed by atoms with Crippen molar-refractivity contribution >= 4 is 29.9 Å². The first kappa shape index (κ1) is 21.0. The number of benzene rings is 1. The van der Waals surface area contributed by atoms with Crippen molar-refractivity contribution in [3.8, 4) is 5.75 Å². The number of hydrogen-bond acceptors (Lipinski definition) is 3. The zero-order valence-corrected chi connectivity index (χ0v) is 17.2. The van der Waals surface area contributed by atoms with Crippen LogP contribution >= 0.6 is 24.0 Å². The zero-order valence-electron chi connectivity index (χ0n) is 14.8. The minimum absolute atomic E-state index is 0. The fourth-order valence-electron chi connectivity index (χ4n) is 2.94. The molecule has 0 unspecified atom stereocenters. The number of hydrogen-bond donors (Lipinski definition) is 3. The highest BCUT2D eigenvalue weighted by Gasteiger charge is 2.19. The topological polar surface area (TPSA) is 65.9 Å². The van der Waals surface area contributed by atoms with Gasteiger partial charge in [0, 0.05) is 12.6 Å². The average Bonchev–Trinajstić information content (AvgIpc) is 2.55. The predicted octanol–water partition coefficient (Wildman–Crippen LogP) is 2.98. The summed E-state index contributed by atoms with van der Waals surface area (Å²) >= 11 is 0. The lowest BCUT2D eigenvalue weighted by atomic mass is 9.93. The number of ether oxygens (including phenoxy) is 1. The molecule has 1 aliphatic rings. The van der Waals surface area contributed by atoms with Gasteiger partial charge in [-0.3, -0.25) is 0 Å². The van der Waals surface area contributed by atoms with Gasteiger partial charge in [0.15, 0.2) is 5.96 Å². The summed E-state index contributed by atoms with van der Waals surface area (Å²) < 4.78 is 5.29. The first-order valence-corrected chi connectivity index (χ1v) is 8.48. The standard InChI is InChI=1S/C18H29N3O2.HI/c1-4-19-18(21-15-6-8-16(22)9-7-15)20-12-14-5-10-17(23-3)13(2)11-14;/h5,10-11,15-16,22H,4,6-9,12H2,1-3H3,(H2,19,20,21);1H. The number of rotatable bonds is 5. The summed E-state index contributed by atoms with van der Waals surface area (Å²) in [4.78, 5) is 4.68. The van der Waals surface area contributed by atoms with Crippen molar-refractivity contribution in [2.75, 3.05) is 13.7 Å². The van der Waals surface area contributed by atoms with E-state index in [9.17, 15) is 5.11 Å². The van der Waals surface area contributed by atoms with Crippen LogP contribution in [0.15, 0.2) is 23.2 Å². The van der Waals surface area contributed by atoms with Gasteiger partial charge in [-0.15, -0.1) is 24.0 Å². The van der Waals surface area contributed by atoms with Crippen molar-refractivity contribution in [1.29, 1.82) is 0 Å². The van der Waals surface area contributed by atoms with Crippen LogP contribution in [0, 0.1) is 6.92 Å². The molecule has 1 aliphatic carbocycles. The molecular weight excluding hydrogens is 417 g/mol. The van der Waals surface area contributed by atoms with Crippen LogP contribution in [0.5, 0.6) is 5.75 Å². The molecule has 0 radical (unpaired) electrons. The van der Waals surface area contributed by atoms with Crippen LogP contribution < -0.4 is 15.4 Å². The third-order valence-electron chi connectivity index (χ3n) is 4.26. The lowest BCUT2D eigenvalue weighted by molar-refractivity contribution is 0.120. The molecular formula is C18H30IN3O2. The smallest absolute Gasteiger partial charge is 0.191 e. The van der Waals surface area contributed by atoms with E-state index in [1.54, 1.807) is 7.11 Å². The van der Waals surface area contributed by atoms with Crippen LogP contribution in [0.2, 0.25) is 0 Å². The van der Waals surface area contributed by atoms with Gasteiger partial charge in [-0.05, 0) is 56.7 Å². The molecule has 0 aliphatic heterocycles. The molecule has 3 N–H and O–H groups in total. The van der Waals surface area contributed by atoms with E-state index in [1.807, 2.05) is 13.0 Å². The van der Waals surface area contributed by atoms with Crippen molar-refractivity contribution in [3.05, 3.63) is 29.3 Å². The van der Waals surface area contributed by atoms with Gasteiger partial charge in [0.1, 0.15) is 5.75 Å². The van der Waals surface area contributed by atoms with Crippen LogP contribution in [-0.4, -0.2) is 36.9 Å². The van der Waals surface area contributed by atoms with E-state index >= 15 is 0 Å². The summed E-state index contributed by atoms with van der Waals surface area (Å²) in [5.74, 6) is 1.76. The molecule has 1 saturated carbocycles. The Morgan fingerprint density at radius 2 is 2.00 bits per heavy atom. The van der Waals surface area contributed by atoms with Gasteiger partial charge in [0.05, 0.1) is 19.8 Å². The quantitative estimate of drug-likeness (QED) is 0.369. The second kappa shape index (κ2) is 10.8. The number of nitrogens with zero attached hydrogens (tertiary/aromatic N) is 1. The number of nitrogens with one attached hydrogen (secondary N) is 2. The van der Waals surface area contributed by atoms with E-state index in [4.69, 9.17) is 4.74 Å². The highest BCUT2D eigenvalue weighted by atomic mass is 127. The Labute approximate surface area is 162 Å². The molecule has 0 saturated heterocycles. The maximum absolute atomic E-state index is 9.60. The number of aryl methyl sites for hydroxylation is 1. The average molecular weight is 447 g/mol. The minimum atomic E-state index is -0.130. The van der Waals surface area contributed by atoms with E-state index in [0.717, 1.165) is 49.5 Å². The Kier molecular flexibility index (Phi) is 9.43. The second-order valence-electron chi connectivity index (χ2n) is 6.15.